The fourth-order valence-corrected chi connectivity index (χ4v) is 2.30. The molecule has 0 spiro atoms. The van der Waals surface area contributed by atoms with Crippen molar-refractivity contribution < 1.29 is 0 Å². The minimum Gasteiger partial charge on any atom is -0.118 e. The first kappa shape index (κ1) is 10.4. The molecule has 1 rings (SSSR count). The van der Waals surface area contributed by atoms with E-state index in [2.05, 4.69) is 6.92 Å². The Morgan fingerprint density at radius 1 is 1.25 bits per heavy atom. The van der Waals surface area contributed by atoms with Crippen LogP contribution in [-0.4, -0.2) is 5.38 Å². The van der Waals surface area contributed by atoms with Crippen molar-refractivity contribution >= 4 is 23.2 Å². The van der Waals surface area contributed by atoms with Crippen LogP contribution in [0.1, 0.15) is 45.4 Å². The van der Waals surface area contributed by atoms with Crippen LogP contribution in [0.5, 0.6) is 0 Å². The van der Waals surface area contributed by atoms with Crippen molar-refractivity contribution in [2.75, 3.05) is 0 Å². The number of alkyl halides is 1. The SMILES string of the molecule is CCC(Cl)C1=C(Cl)CCCCC1. The highest BCUT2D eigenvalue weighted by atomic mass is 35.5. The average molecular weight is 207 g/mol. The van der Waals surface area contributed by atoms with Crippen LogP contribution in [-0.2, 0) is 0 Å². The van der Waals surface area contributed by atoms with Crippen molar-refractivity contribution in [2.24, 2.45) is 0 Å². The van der Waals surface area contributed by atoms with Crippen molar-refractivity contribution in [2.45, 2.75) is 50.8 Å². The summed E-state index contributed by atoms with van der Waals surface area (Å²) in [4.78, 5) is 0. The molecule has 0 aromatic carbocycles. The van der Waals surface area contributed by atoms with E-state index in [1.54, 1.807) is 0 Å². The van der Waals surface area contributed by atoms with Gasteiger partial charge in [-0.1, -0.05) is 24.9 Å². The second-order valence-corrected chi connectivity index (χ2v) is 4.35. The average Bonchev–Trinajstić information content (AvgIpc) is 2.28. The monoisotopic (exact) mass is 206 g/mol. The maximum Gasteiger partial charge on any atom is 0.0556 e. The van der Waals surface area contributed by atoms with Crippen LogP contribution in [0.3, 0.4) is 0 Å². The molecule has 1 aliphatic rings. The minimum atomic E-state index is 0.176. The van der Waals surface area contributed by atoms with Crippen LogP contribution < -0.4 is 0 Å². The predicted octanol–water partition coefficient (Wildman–Crippen LogP) is 4.46. The lowest BCUT2D eigenvalue weighted by atomic mass is 10.1. The highest BCUT2D eigenvalue weighted by molar-refractivity contribution is 6.31. The Bertz CT molecular complexity index is 173. The Labute approximate surface area is 84.9 Å². The van der Waals surface area contributed by atoms with E-state index in [1.807, 2.05) is 0 Å². The topological polar surface area (TPSA) is 0 Å². The van der Waals surface area contributed by atoms with Gasteiger partial charge < -0.3 is 0 Å². The first-order valence-corrected chi connectivity index (χ1v) is 5.58. The molecule has 0 heterocycles. The summed E-state index contributed by atoms with van der Waals surface area (Å²) in [6, 6.07) is 0. The van der Waals surface area contributed by atoms with Crippen LogP contribution in [0.15, 0.2) is 10.6 Å². The molecule has 0 fully saturated rings. The van der Waals surface area contributed by atoms with Gasteiger partial charge in [0.05, 0.1) is 5.38 Å². The summed E-state index contributed by atoms with van der Waals surface area (Å²) in [5.41, 5.74) is 1.30. The molecule has 1 atom stereocenters. The first-order chi connectivity index (χ1) is 5.75. The second-order valence-electron chi connectivity index (χ2n) is 3.37. The van der Waals surface area contributed by atoms with Crippen molar-refractivity contribution in [3.8, 4) is 0 Å². The number of hydrogen-bond donors (Lipinski definition) is 0. The normalized spacial score (nSPS) is 22.2. The van der Waals surface area contributed by atoms with E-state index in [-0.39, 0.29) is 5.38 Å². The molecule has 1 unspecified atom stereocenters. The molecule has 0 aliphatic heterocycles. The zero-order valence-corrected chi connectivity index (χ0v) is 9.09. The third-order valence-electron chi connectivity index (χ3n) is 2.43. The molecule has 0 N–H and O–H groups in total. The van der Waals surface area contributed by atoms with Gasteiger partial charge in [0.1, 0.15) is 0 Å². The third-order valence-corrected chi connectivity index (χ3v) is 3.43. The van der Waals surface area contributed by atoms with Gasteiger partial charge in [-0.2, -0.15) is 0 Å². The van der Waals surface area contributed by atoms with Gasteiger partial charge in [-0.3, -0.25) is 0 Å². The smallest absolute Gasteiger partial charge is 0.0556 e. The molecule has 0 bridgehead atoms. The molecule has 2 heteroatoms. The Balaban J connectivity index is 2.67. The molecule has 12 heavy (non-hydrogen) atoms. The van der Waals surface area contributed by atoms with E-state index in [0.29, 0.717) is 0 Å². The lowest BCUT2D eigenvalue weighted by Gasteiger charge is -2.12. The van der Waals surface area contributed by atoms with Gasteiger partial charge >= 0.3 is 0 Å². The number of rotatable bonds is 2. The van der Waals surface area contributed by atoms with E-state index < -0.39 is 0 Å². The molecule has 0 aromatic rings. The van der Waals surface area contributed by atoms with Crippen LogP contribution in [0, 0.1) is 0 Å². The van der Waals surface area contributed by atoms with E-state index in [0.717, 1.165) is 24.3 Å². The highest BCUT2D eigenvalue weighted by Crippen LogP contribution is 2.31. The highest BCUT2D eigenvalue weighted by Gasteiger charge is 2.15. The maximum absolute atomic E-state index is 6.17. The third kappa shape index (κ3) is 2.67. The first-order valence-electron chi connectivity index (χ1n) is 4.77. The molecule has 0 amide bonds. The number of allylic oxidation sites excluding steroid dienone is 2. The summed E-state index contributed by atoms with van der Waals surface area (Å²) < 4.78 is 0. The lowest BCUT2D eigenvalue weighted by molar-refractivity contribution is 0.700. The Kier molecular flexibility index (Phi) is 4.45. The molecule has 1 aliphatic carbocycles. The summed E-state index contributed by atoms with van der Waals surface area (Å²) in [5.74, 6) is 0. The van der Waals surface area contributed by atoms with Crippen LogP contribution >= 0.6 is 23.2 Å². The summed E-state index contributed by atoms with van der Waals surface area (Å²) in [6.45, 7) is 2.11. The Morgan fingerprint density at radius 3 is 2.58 bits per heavy atom. The zero-order valence-electron chi connectivity index (χ0n) is 7.58. The molecule has 0 nitrogen and oxygen atoms in total. The van der Waals surface area contributed by atoms with Crippen molar-refractivity contribution in [3.63, 3.8) is 0 Å². The van der Waals surface area contributed by atoms with Crippen molar-refractivity contribution in [3.05, 3.63) is 10.6 Å². The van der Waals surface area contributed by atoms with Gasteiger partial charge in [0.15, 0.2) is 0 Å². The van der Waals surface area contributed by atoms with Gasteiger partial charge in [0, 0.05) is 5.03 Å². The van der Waals surface area contributed by atoms with Gasteiger partial charge in [-0.15, -0.1) is 11.6 Å². The van der Waals surface area contributed by atoms with Crippen molar-refractivity contribution in [1.82, 2.24) is 0 Å². The second kappa shape index (κ2) is 5.14. The van der Waals surface area contributed by atoms with E-state index in [4.69, 9.17) is 23.2 Å². The van der Waals surface area contributed by atoms with Gasteiger partial charge in [-0.05, 0) is 37.7 Å². The largest absolute Gasteiger partial charge is 0.118 e. The summed E-state index contributed by atoms with van der Waals surface area (Å²) in [5, 5.41) is 1.21. The van der Waals surface area contributed by atoms with Crippen LogP contribution in [0.4, 0.5) is 0 Å². The minimum absolute atomic E-state index is 0.176. The Hall–Kier alpha value is 0.320. The fraction of sp³-hybridized carbons (Fsp3) is 0.800. The predicted molar refractivity (Wildman–Crippen MR) is 55.9 cm³/mol. The van der Waals surface area contributed by atoms with Crippen LogP contribution in [0.2, 0.25) is 0 Å². The van der Waals surface area contributed by atoms with E-state index in [9.17, 15) is 0 Å². The quantitative estimate of drug-likeness (QED) is 0.586. The summed E-state index contributed by atoms with van der Waals surface area (Å²) >= 11 is 12.3. The molecule has 0 aromatic heterocycles. The van der Waals surface area contributed by atoms with Gasteiger partial charge in [0.25, 0.3) is 0 Å². The molecular formula is C10H16Cl2. The molecule has 0 saturated carbocycles. The molecular weight excluding hydrogens is 191 g/mol. The zero-order chi connectivity index (χ0) is 8.97. The summed E-state index contributed by atoms with van der Waals surface area (Å²) in [7, 11) is 0. The molecule has 70 valence electrons. The van der Waals surface area contributed by atoms with Gasteiger partial charge in [0.2, 0.25) is 0 Å². The maximum atomic E-state index is 6.17. The van der Waals surface area contributed by atoms with Crippen molar-refractivity contribution in [1.29, 1.82) is 0 Å². The standard InChI is InChI=1S/C10H16Cl2/c1-2-9(11)8-6-4-3-5-7-10(8)12/h9H,2-7H2,1H3. The lowest BCUT2D eigenvalue weighted by Crippen LogP contribution is -2.02. The van der Waals surface area contributed by atoms with E-state index >= 15 is 0 Å². The summed E-state index contributed by atoms with van der Waals surface area (Å²) in [6.07, 6.45) is 6.94. The molecule has 0 saturated heterocycles. The number of hydrogen-bond acceptors (Lipinski definition) is 0. The Morgan fingerprint density at radius 2 is 1.92 bits per heavy atom. The fourth-order valence-electron chi connectivity index (χ4n) is 1.64. The van der Waals surface area contributed by atoms with E-state index in [1.165, 1.54) is 24.8 Å². The molecule has 0 radical (unpaired) electrons. The van der Waals surface area contributed by atoms with Crippen LogP contribution in [0.25, 0.3) is 0 Å². The van der Waals surface area contributed by atoms with Gasteiger partial charge in [-0.25, -0.2) is 0 Å². The number of halogens is 2.